The summed E-state index contributed by atoms with van der Waals surface area (Å²) in [7, 11) is -2.46. The van der Waals surface area contributed by atoms with Crippen molar-refractivity contribution in [3.8, 4) is 0 Å². The van der Waals surface area contributed by atoms with Gasteiger partial charge in [0.05, 0.1) is 10.5 Å². The second-order valence-corrected chi connectivity index (χ2v) is 7.85. The predicted molar refractivity (Wildman–Crippen MR) is 79.7 cm³/mol. The van der Waals surface area contributed by atoms with Gasteiger partial charge in [0, 0.05) is 18.1 Å². The highest BCUT2D eigenvalue weighted by atomic mass is 79.9. The van der Waals surface area contributed by atoms with Crippen molar-refractivity contribution in [1.82, 2.24) is 4.90 Å². The minimum absolute atomic E-state index is 0.00230. The molecule has 1 saturated carbocycles. The number of carbonyl (C=O) groups excluding carboxylic acids is 1. The van der Waals surface area contributed by atoms with Crippen molar-refractivity contribution in [3.05, 3.63) is 28.0 Å². The van der Waals surface area contributed by atoms with E-state index in [0.717, 1.165) is 18.6 Å². The minimum atomic E-state index is -4.04. The maximum absolute atomic E-state index is 13.9. The van der Waals surface area contributed by atoms with Crippen molar-refractivity contribution in [3.63, 3.8) is 0 Å². The van der Waals surface area contributed by atoms with E-state index in [1.807, 2.05) is 0 Å². The van der Waals surface area contributed by atoms with Crippen molar-refractivity contribution in [2.75, 3.05) is 13.6 Å². The Bertz CT molecular complexity index is 693. The van der Waals surface area contributed by atoms with Crippen LogP contribution >= 0.6 is 15.9 Å². The van der Waals surface area contributed by atoms with Crippen LogP contribution in [0.2, 0.25) is 0 Å². The van der Waals surface area contributed by atoms with Crippen LogP contribution in [0.3, 0.4) is 0 Å². The Kier molecular flexibility index (Phi) is 4.41. The molecule has 1 fully saturated rings. The fourth-order valence-corrected chi connectivity index (χ4v) is 3.81. The number of rotatable bonds is 4. The molecule has 2 rings (SSSR count). The molecule has 116 valence electrons. The summed E-state index contributed by atoms with van der Waals surface area (Å²) in [4.78, 5) is 13.4. The van der Waals surface area contributed by atoms with E-state index in [1.54, 1.807) is 7.05 Å². The number of halogens is 2. The van der Waals surface area contributed by atoms with E-state index in [-0.39, 0.29) is 14.9 Å². The first-order valence-corrected chi connectivity index (χ1v) is 8.72. The van der Waals surface area contributed by atoms with Crippen LogP contribution in [0.4, 0.5) is 4.39 Å². The summed E-state index contributed by atoms with van der Waals surface area (Å²) in [6.07, 6.45) is 1.04. The molecule has 0 aliphatic heterocycles. The number of hydrogen-bond acceptors (Lipinski definition) is 3. The third-order valence-electron chi connectivity index (χ3n) is 3.69. The summed E-state index contributed by atoms with van der Waals surface area (Å²) in [6.45, 7) is 2.61. The van der Waals surface area contributed by atoms with Crippen molar-refractivity contribution >= 4 is 31.9 Å². The topological polar surface area (TPSA) is 80.5 Å². The van der Waals surface area contributed by atoms with Gasteiger partial charge in [0.15, 0.2) is 0 Å². The first-order chi connectivity index (χ1) is 9.61. The van der Waals surface area contributed by atoms with Gasteiger partial charge < -0.3 is 4.90 Å². The third-order valence-corrected chi connectivity index (χ3v) is 5.56. The average Bonchev–Trinajstić information content (AvgIpc) is 3.02. The van der Waals surface area contributed by atoms with Crippen LogP contribution in [0.1, 0.15) is 23.7 Å². The molecule has 8 heteroatoms. The van der Waals surface area contributed by atoms with Crippen LogP contribution in [-0.2, 0) is 10.0 Å². The molecule has 0 saturated heterocycles. The summed E-state index contributed by atoms with van der Waals surface area (Å²) in [6, 6.07) is 1.92. The molecule has 1 aliphatic rings. The summed E-state index contributed by atoms with van der Waals surface area (Å²) in [5.41, 5.74) is -0.293. The molecule has 2 atom stereocenters. The van der Waals surface area contributed by atoms with E-state index in [0.29, 0.717) is 18.4 Å². The van der Waals surface area contributed by atoms with Gasteiger partial charge in [-0.3, -0.25) is 4.79 Å². The molecule has 2 unspecified atom stereocenters. The summed E-state index contributed by atoms with van der Waals surface area (Å²) in [5, 5.41) is 5.06. The second-order valence-electron chi connectivity index (χ2n) is 5.47. The van der Waals surface area contributed by atoms with Crippen LogP contribution < -0.4 is 5.14 Å². The van der Waals surface area contributed by atoms with Gasteiger partial charge in [-0.05, 0) is 46.3 Å². The smallest absolute Gasteiger partial charge is 0.256 e. The normalized spacial score (nSPS) is 21.2. The maximum Gasteiger partial charge on any atom is 0.256 e. The number of primary sulfonamides is 1. The van der Waals surface area contributed by atoms with Gasteiger partial charge in [0.25, 0.3) is 5.91 Å². The molecule has 1 aliphatic carbocycles. The first kappa shape index (κ1) is 16.4. The Morgan fingerprint density at radius 1 is 1.52 bits per heavy atom. The fourth-order valence-electron chi connectivity index (χ4n) is 2.20. The molecule has 5 nitrogen and oxygen atoms in total. The van der Waals surface area contributed by atoms with Crippen molar-refractivity contribution < 1.29 is 17.6 Å². The van der Waals surface area contributed by atoms with E-state index in [1.165, 1.54) is 4.90 Å². The maximum atomic E-state index is 13.9. The number of carbonyl (C=O) groups is 1. The highest BCUT2D eigenvalue weighted by molar-refractivity contribution is 9.10. The Balaban J connectivity index is 2.32. The molecule has 0 spiro atoms. The molecule has 21 heavy (non-hydrogen) atoms. The number of benzene rings is 1. The molecule has 1 aromatic carbocycles. The van der Waals surface area contributed by atoms with Crippen molar-refractivity contribution in [1.29, 1.82) is 0 Å². The Labute approximate surface area is 131 Å². The van der Waals surface area contributed by atoms with Gasteiger partial charge in [-0.15, -0.1) is 0 Å². The third kappa shape index (κ3) is 3.61. The summed E-state index contributed by atoms with van der Waals surface area (Å²) in [5.74, 6) is -0.343. The first-order valence-electron chi connectivity index (χ1n) is 6.38. The van der Waals surface area contributed by atoms with Gasteiger partial charge in [-0.2, -0.15) is 0 Å². The quantitative estimate of drug-likeness (QED) is 0.869. The van der Waals surface area contributed by atoms with Gasteiger partial charge in [0.1, 0.15) is 5.82 Å². The molecular weight excluding hydrogens is 363 g/mol. The number of amides is 1. The van der Waals surface area contributed by atoms with Crippen molar-refractivity contribution in [2.45, 2.75) is 18.2 Å². The average molecular weight is 379 g/mol. The van der Waals surface area contributed by atoms with Gasteiger partial charge in [0.2, 0.25) is 10.0 Å². The molecule has 0 bridgehead atoms. The minimum Gasteiger partial charge on any atom is -0.341 e. The van der Waals surface area contributed by atoms with Gasteiger partial charge in [-0.25, -0.2) is 17.9 Å². The van der Waals surface area contributed by atoms with Crippen LogP contribution in [0.25, 0.3) is 0 Å². The number of nitrogens with zero attached hydrogens (tertiary/aromatic N) is 1. The molecule has 1 aromatic rings. The van der Waals surface area contributed by atoms with E-state index in [9.17, 15) is 17.6 Å². The Hall–Kier alpha value is -0.990. The lowest BCUT2D eigenvalue weighted by Gasteiger charge is -2.18. The lowest BCUT2D eigenvalue weighted by atomic mass is 10.2. The number of sulfonamides is 1. The van der Waals surface area contributed by atoms with Crippen LogP contribution in [-0.4, -0.2) is 32.8 Å². The highest BCUT2D eigenvalue weighted by Crippen LogP contribution is 2.38. The number of nitrogens with two attached hydrogens (primary N) is 1. The zero-order valence-corrected chi connectivity index (χ0v) is 14.0. The lowest BCUT2D eigenvalue weighted by molar-refractivity contribution is 0.0782. The molecule has 0 heterocycles. The number of hydrogen-bond donors (Lipinski definition) is 1. The van der Waals surface area contributed by atoms with Crippen LogP contribution in [0.5, 0.6) is 0 Å². The summed E-state index contributed by atoms with van der Waals surface area (Å²) < 4.78 is 36.8. The molecule has 2 N–H and O–H groups in total. The van der Waals surface area contributed by atoms with Crippen LogP contribution in [0, 0.1) is 17.7 Å². The van der Waals surface area contributed by atoms with Crippen molar-refractivity contribution in [2.24, 2.45) is 17.0 Å². The SMILES string of the molecule is CC1CC1CN(C)C(=O)c1cc(S(N)(=O)=O)c(Br)cc1F. The standard InChI is InChI=1S/C13H16BrFN2O3S/c1-7-3-8(7)6-17(2)13(18)9-4-12(21(16,19)20)10(14)5-11(9)15/h4-5,7-8H,3,6H2,1-2H3,(H2,16,19,20). The Morgan fingerprint density at radius 2 is 2.10 bits per heavy atom. The van der Waals surface area contributed by atoms with E-state index >= 15 is 0 Å². The molecular formula is C13H16BrFN2O3S. The lowest BCUT2D eigenvalue weighted by Crippen LogP contribution is -2.30. The zero-order valence-electron chi connectivity index (χ0n) is 11.6. The molecule has 0 radical (unpaired) electrons. The predicted octanol–water partition coefficient (Wildman–Crippen LogP) is 1.96. The van der Waals surface area contributed by atoms with Gasteiger partial charge in [-0.1, -0.05) is 6.92 Å². The van der Waals surface area contributed by atoms with E-state index in [4.69, 9.17) is 5.14 Å². The van der Waals surface area contributed by atoms with Gasteiger partial charge >= 0.3 is 0 Å². The second kappa shape index (κ2) is 5.66. The monoisotopic (exact) mass is 378 g/mol. The highest BCUT2D eigenvalue weighted by Gasteiger charge is 2.34. The van der Waals surface area contributed by atoms with E-state index in [2.05, 4.69) is 22.9 Å². The molecule has 1 amide bonds. The zero-order chi connectivity index (χ0) is 15.9. The van der Waals surface area contributed by atoms with Crippen LogP contribution in [0.15, 0.2) is 21.5 Å². The molecule has 0 aromatic heterocycles. The Morgan fingerprint density at radius 3 is 2.57 bits per heavy atom. The largest absolute Gasteiger partial charge is 0.341 e. The van der Waals surface area contributed by atoms with E-state index < -0.39 is 21.7 Å². The fraction of sp³-hybridized carbons (Fsp3) is 0.462. The summed E-state index contributed by atoms with van der Waals surface area (Å²) >= 11 is 2.94.